The molecule has 0 saturated carbocycles. The number of nitrogens with one attached hydrogen (secondary N) is 1. The van der Waals surface area contributed by atoms with Gasteiger partial charge in [-0.05, 0) is 30.3 Å². The van der Waals surface area contributed by atoms with Crippen molar-refractivity contribution < 1.29 is 22.7 Å². The monoisotopic (exact) mass is 447 g/mol. The van der Waals surface area contributed by atoms with E-state index in [2.05, 4.69) is 10.4 Å². The fourth-order valence-corrected chi connectivity index (χ4v) is 5.08. The van der Waals surface area contributed by atoms with Crippen LogP contribution in [0.25, 0.3) is 5.69 Å². The number of hydrogen-bond donors (Lipinski definition) is 1. The molecule has 4 rings (SSSR count). The number of hydrogen-bond acceptors (Lipinski definition) is 6. The van der Waals surface area contributed by atoms with Gasteiger partial charge in [0.1, 0.15) is 5.82 Å². The average Bonchev–Trinajstić information content (AvgIpc) is 3.19. The van der Waals surface area contributed by atoms with Gasteiger partial charge in [0.2, 0.25) is 0 Å². The van der Waals surface area contributed by atoms with Crippen LogP contribution in [0, 0.1) is 0 Å². The van der Waals surface area contributed by atoms with Gasteiger partial charge in [-0.15, -0.1) is 0 Å². The lowest BCUT2D eigenvalue weighted by Crippen LogP contribution is -2.18. The SMILES string of the molecule is COc1cccc(C(=O)Nc2c3c(nn2-c2cccc(Cl)c2)CS(=O)(=O)C3)c1OC. The summed E-state index contributed by atoms with van der Waals surface area (Å²) in [6, 6.07) is 11.8. The van der Waals surface area contributed by atoms with E-state index < -0.39 is 15.7 Å². The number of carbonyl (C=O) groups excluding carboxylic acids is 1. The zero-order chi connectivity index (χ0) is 21.5. The van der Waals surface area contributed by atoms with E-state index in [-0.39, 0.29) is 28.6 Å². The fourth-order valence-electron chi connectivity index (χ4n) is 3.41. The van der Waals surface area contributed by atoms with Crippen molar-refractivity contribution in [1.29, 1.82) is 0 Å². The minimum atomic E-state index is -3.31. The predicted octanol–water partition coefficient (Wildman–Crippen LogP) is 3.22. The number of methoxy groups -OCH3 is 2. The van der Waals surface area contributed by atoms with Crippen LogP contribution in [0.15, 0.2) is 42.5 Å². The highest BCUT2D eigenvalue weighted by Crippen LogP contribution is 2.35. The Morgan fingerprint density at radius 1 is 1.13 bits per heavy atom. The Labute approximate surface area is 178 Å². The third-order valence-corrected chi connectivity index (χ3v) is 6.40. The molecule has 0 unspecified atom stereocenters. The molecule has 1 amide bonds. The Bertz CT molecular complexity index is 1250. The smallest absolute Gasteiger partial charge is 0.260 e. The molecule has 2 heterocycles. The first kappa shape index (κ1) is 20.2. The number of nitrogens with zero attached hydrogens (tertiary/aromatic N) is 2. The summed E-state index contributed by atoms with van der Waals surface area (Å²) in [6.07, 6.45) is 0. The highest BCUT2D eigenvalue weighted by atomic mass is 35.5. The number of sulfone groups is 1. The molecular formula is C20H18ClN3O5S. The van der Waals surface area contributed by atoms with Crippen LogP contribution in [0.4, 0.5) is 5.82 Å². The quantitative estimate of drug-likeness (QED) is 0.644. The zero-order valence-corrected chi connectivity index (χ0v) is 17.7. The van der Waals surface area contributed by atoms with Crippen molar-refractivity contribution in [3.05, 3.63) is 64.3 Å². The summed E-state index contributed by atoms with van der Waals surface area (Å²) < 4.78 is 36.3. The summed E-state index contributed by atoms with van der Waals surface area (Å²) in [5, 5.41) is 7.72. The normalized spacial score (nSPS) is 14.2. The molecule has 0 fully saturated rings. The molecule has 0 saturated heterocycles. The van der Waals surface area contributed by atoms with Gasteiger partial charge in [0.05, 0.1) is 42.7 Å². The number of amides is 1. The summed E-state index contributed by atoms with van der Waals surface area (Å²) in [5.74, 6) is 0.0933. The molecule has 1 N–H and O–H groups in total. The molecule has 156 valence electrons. The van der Waals surface area contributed by atoms with Gasteiger partial charge in [-0.25, -0.2) is 13.1 Å². The number of carbonyl (C=O) groups is 1. The number of para-hydroxylation sites is 1. The maximum Gasteiger partial charge on any atom is 0.260 e. The fraction of sp³-hybridized carbons (Fsp3) is 0.200. The van der Waals surface area contributed by atoms with Crippen molar-refractivity contribution >= 4 is 33.2 Å². The molecule has 1 aromatic heterocycles. The maximum absolute atomic E-state index is 13.1. The van der Waals surface area contributed by atoms with E-state index >= 15 is 0 Å². The van der Waals surface area contributed by atoms with Gasteiger partial charge in [0, 0.05) is 10.6 Å². The van der Waals surface area contributed by atoms with Crippen molar-refractivity contribution in [2.75, 3.05) is 19.5 Å². The van der Waals surface area contributed by atoms with E-state index in [9.17, 15) is 13.2 Å². The minimum absolute atomic E-state index is 0.179. The maximum atomic E-state index is 13.1. The number of ether oxygens (including phenoxy) is 2. The lowest BCUT2D eigenvalue weighted by atomic mass is 10.1. The Hall–Kier alpha value is -3.04. The van der Waals surface area contributed by atoms with Gasteiger partial charge in [0.25, 0.3) is 5.91 Å². The lowest BCUT2D eigenvalue weighted by molar-refractivity contribution is 0.102. The van der Waals surface area contributed by atoms with Crippen LogP contribution in [0.2, 0.25) is 5.02 Å². The third kappa shape index (κ3) is 3.61. The van der Waals surface area contributed by atoms with Crippen LogP contribution in [-0.2, 0) is 21.3 Å². The lowest BCUT2D eigenvalue weighted by Gasteiger charge is -2.14. The molecule has 30 heavy (non-hydrogen) atoms. The molecule has 0 atom stereocenters. The molecule has 0 radical (unpaired) electrons. The molecule has 8 nitrogen and oxygen atoms in total. The van der Waals surface area contributed by atoms with E-state index in [4.69, 9.17) is 21.1 Å². The van der Waals surface area contributed by atoms with Crippen molar-refractivity contribution in [3.63, 3.8) is 0 Å². The van der Waals surface area contributed by atoms with E-state index in [1.807, 2.05) is 0 Å². The number of anilines is 1. The Balaban J connectivity index is 1.80. The van der Waals surface area contributed by atoms with Crippen LogP contribution >= 0.6 is 11.6 Å². The summed E-state index contributed by atoms with van der Waals surface area (Å²) in [5.41, 5.74) is 1.71. The first-order valence-electron chi connectivity index (χ1n) is 8.92. The van der Waals surface area contributed by atoms with Crippen LogP contribution < -0.4 is 14.8 Å². The molecule has 0 aliphatic carbocycles. The molecule has 1 aliphatic heterocycles. The van der Waals surface area contributed by atoms with Gasteiger partial charge in [0.15, 0.2) is 21.3 Å². The number of rotatable bonds is 5. The van der Waals surface area contributed by atoms with Gasteiger partial charge in [-0.3, -0.25) is 4.79 Å². The molecule has 0 bridgehead atoms. The standard InChI is InChI=1S/C20H18ClN3O5S/c1-28-17-8-4-7-14(18(17)29-2)20(25)22-19-15-10-30(26,27)11-16(15)23-24(19)13-6-3-5-12(21)9-13/h3-9H,10-11H2,1-2H3,(H,22,25). The van der Waals surface area contributed by atoms with Gasteiger partial charge in [-0.2, -0.15) is 5.10 Å². The van der Waals surface area contributed by atoms with Gasteiger partial charge >= 0.3 is 0 Å². The summed E-state index contributed by atoms with van der Waals surface area (Å²) in [6.45, 7) is 0. The van der Waals surface area contributed by atoms with Crippen molar-refractivity contribution in [3.8, 4) is 17.2 Å². The third-order valence-electron chi connectivity index (χ3n) is 4.72. The number of halogens is 1. The van der Waals surface area contributed by atoms with Crippen LogP contribution in [0.3, 0.4) is 0 Å². The predicted molar refractivity (Wildman–Crippen MR) is 112 cm³/mol. The number of aromatic nitrogens is 2. The van der Waals surface area contributed by atoms with E-state index in [1.54, 1.807) is 42.5 Å². The van der Waals surface area contributed by atoms with Crippen molar-refractivity contribution in [2.45, 2.75) is 11.5 Å². The topological polar surface area (TPSA) is 99.5 Å². The van der Waals surface area contributed by atoms with E-state index in [0.29, 0.717) is 27.7 Å². The summed E-state index contributed by atoms with van der Waals surface area (Å²) in [4.78, 5) is 13.1. The minimum Gasteiger partial charge on any atom is -0.493 e. The summed E-state index contributed by atoms with van der Waals surface area (Å²) >= 11 is 6.11. The van der Waals surface area contributed by atoms with Gasteiger partial charge in [-0.1, -0.05) is 23.7 Å². The van der Waals surface area contributed by atoms with Crippen molar-refractivity contribution in [1.82, 2.24) is 9.78 Å². The van der Waals surface area contributed by atoms with E-state index in [1.165, 1.54) is 18.9 Å². The Morgan fingerprint density at radius 3 is 2.60 bits per heavy atom. The molecule has 2 aromatic carbocycles. The second-order valence-electron chi connectivity index (χ2n) is 6.69. The van der Waals surface area contributed by atoms with Crippen LogP contribution in [-0.4, -0.2) is 38.3 Å². The zero-order valence-electron chi connectivity index (χ0n) is 16.2. The molecular weight excluding hydrogens is 430 g/mol. The van der Waals surface area contributed by atoms with E-state index in [0.717, 1.165) is 0 Å². The summed E-state index contributed by atoms with van der Waals surface area (Å²) in [7, 11) is -0.396. The number of fused-ring (bicyclic) bond motifs is 1. The van der Waals surface area contributed by atoms with Crippen molar-refractivity contribution in [2.24, 2.45) is 0 Å². The highest BCUT2D eigenvalue weighted by molar-refractivity contribution is 7.90. The second kappa shape index (κ2) is 7.66. The molecule has 3 aromatic rings. The number of benzene rings is 2. The Morgan fingerprint density at radius 2 is 1.90 bits per heavy atom. The largest absolute Gasteiger partial charge is 0.493 e. The van der Waals surface area contributed by atoms with Gasteiger partial charge < -0.3 is 14.8 Å². The van der Waals surface area contributed by atoms with Crippen LogP contribution in [0.1, 0.15) is 21.6 Å². The first-order chi connectivity index (χ1) is 14.3. The van der Waals surface area contributed by atoms with Crippen LogP contribution in [0.5, 0.6) is 11.5 Å². The molecule has 0 spiro atoms. The average molecular weight is 448 g/mol. The Kier molecular flexibility index (Phi) is 5.17. The molecule has 1 aliphatic rings. The highest BCUT2D eigenvalue weighted by Gasteiger charge is 2.33. The first-order valence-corrected chi connectivity index (χ1v) is 11.1. The second-order valence-corrected chi connectivity index (χ2v) is 9.19. The molecule has 10 heteroatoms.